The second-order valence-corrected chi connectivity index (χ2v) is 3.48. The summed E-state index contributed by atoms with van der Waals surface area (Å²) in [4.78, 5) is 34.4. The van der Waals surface area contributed by atoms with Gasteiger partial charge >= 0.3 is 35.5 Å². The van der Waals surface area contributed by atoms with Crippen LogP contribution in [0.3, 0.4) is 0 Å². The van der Waals surface area contributed by atoms with Gasteiger partial charge in [-0.3, -0.25) is 14.4 Å². The Morgan fingerprint density at radius 1 is 1.44 bits per heavy atom. The molecule has 0 unspecified atom stereocenters. The molecule has 2 rings (SSSR count). The number of carbonyl (C=O) groups is 1. The first kappa shape index (κ1) is 13.2. The van der Waals surface area contributed by atoms with Gasteiger partial charge in [-0.15, -0.1) is 0 Å². The van der Waals surface area contributed by atoms with E-state index in [0.717, 1.165) is 0 Å². The van der Waals surface area contributed by atoms with Crippen LogP contribution in [0.25, 0.3) is 0 Å². The SMILES string of the molecule is O=C(O)CN1CCCNc2c1c(=O)c2=O.[H-].[Na+]. The second-order valence-electron chi connectivity index (χ2n) is 3.48. The predicted molar refractivity (Wildman–Crippen MR) is 55.4 cm³/mol. The van der Waals surface area contributed by atoms with Crippen LogP contribution in [0.2, 0.25) is 0 Å². The fourth-order valence-electron chi connectivity index (χ4n) is 1.76. The quantitative estimate of drug-likeness (QED) is 0.402. The van der Waals surface area contributed by atoms with Gasteiger partial charge in [-0.2, -0.15) is 0 Å². The van der Waals surface area contributed by atoms with Crippen molar-refractivity contribution in [1.29, 1.82) is 0 Å². The standard InChI is InChI=1S/C9H10N2O4.Na.H/c12-5(13)4-11-3-1-2-10-6-7(11)9(15)8(6)14;;/h10H,1-4H2,(H,12,13);;/q;+1;-1. The number of hydrogen-bond acceptors (Lipinski definition) is 5. The van der Waals surface area contributed by atoms with Crippen LogP contribution in [0, 0.1) is 0 Å². The van der Waals surface area contributed by atoms with Gasteiger partial charge < -0.3 is 16.7 Å². The number of nitrogens with zero attached hydrogens (tertiary/aromatic N) is 1. The van der Waals surface area contributed by atoms with Crippen molar-refractivity contribution in [3.8, 4) is 0 Å². The molecule has 2 N–H and O–H groups in total. The molecule has 0 fully saturated rings. The Morgan fingerprint density at radius 2 is 2.12 bits per heavy atom. The summed E-state index contributed by atoms with van der Waals surface area (Å²) in [6, 6.07) is 0. The minimum Gasteiger partial charge on any atom is -1.00 e. The summed E-state index contributed by atoms with van der Waals surface area (Å²) in [6.07, 6.45) is 0.709. The Kier molecular flexibility index (Phi) is 4.12. The van der Waals surface area contributed by atoms with Gasteiger partial charge in [0.25, 0.3) is 10.9 Å². The predicted octanol–water partition coefficient (Wildman–Crippen LogP) is -3.89. The van der Waals surface area contributed by atoms with Gasteiger partial charge in [-0.25, -0.2) is 0 Å². The molecular weight excluding hydrogens is 223 g/mol. The van der Waals surface area contributed by atoms with Crippen LogP contribution < -0.4 is 50.6 Å². The van der Waals surface area contributed by atoms with Crippen LogP contribution in [-0.2, 0) is 4.79 Å². The monoisotopic (exact) mass is 234 g/mol. The molecule has 1 aliphatic heterocycles. The summed E-state index contributed by atoms with van der Waals surface area (Å²) in [5.41, 5.74) is -0.610. The van der Waals surface area contributed by atoms with E-state index in [9.17, 15) is 14.4 Å². The average molecular weight is 234 g/mol. The molecule has 0 amide bonds. The summed E-state index contributed by atoms with van der Waals surface area (Å²) >= 11 is 0. The smallest absolute Gasteiger partial charge is 1.00 e. The van der Waals surface area contributed by atoms with Gasteiger partial charge in [0.05, 0.1) is 0 Å². The molecule has 0 saturated heterocycles. The van der Waals surface area contributed by atoms with Crippen molar-refractivity contribution in [2.24, 2.45) is 0 Å². The van der Waals surface area contributed by atoms with E-state index >= 15 is 0 Å². The Labute approximate surface area is 115 Å². The molecule has 16 heavy (non-hydrogen) atoms. The zero-order valence-electron chi connectivity index (χ0n) is 9.95. The molecule has 82 valence electrons. The summed E-state index contributed by atoms with van der Waals surface area (Å²) < 4.78 is 0. The van der Waals surface area contributed by atoms with E-state index in [0.29, 0.717) is 19.5 Å². The molecule has 1 aliphatic rings. The van der Waals surface area contributed by atoms with Crippen molar-refractivity contribution >= 4 is 17.3 Å². The first-order chi connectivity index (χ1) is 7.11. The molecule has 1 heterocycles. The van der Waals surface area contributed by atoms with E-state index in [1.54, 1.807) is 0 Å². The van der Waals surface area contributed by atoms with E-state index in [-0.39, 0.29) is 48.9 Å². The van der Waals surface area contributed by atoms with Gasteiger partial charge in [0, 0.05) is 13.1 Å². The molecule has 6 nitrogen and oxygen atoms in total. The van der Waals surface area contributed by atoms with Gasteiger partial charge in [-0.05, 0) is 6.42 Å². The largest absolute Gasteiger partial charge is 1.00 e. The number of aliphatic carboxylic acids is 1. The maximum Gasteiger partial charge on any atom is 1.00 e. The van der Waals surface area contributed by atoms with Crippen molar-refractivity contribution in [3.63, 3.8) is 0 Å². The van der Waals surface area contributed by atoms with Gasteiger partial charge in [0.15, 0.2) is 0 Å². The summed E-state index contributed by atoms with van der Waals surface area (Å²) in [5, 5.41) is 11.5. The zero-order chi connectivity index (χ0) is 11.0. The molecule has 0 saturated carbocycles. The second kappa shape index (κ2) is 4.99. The summed E-state index contributed by atoms with van der Waals surface area (Å²) in [6.45, 7) is 0.838. The Morgan fingerprint density at radius 3 is 2.75 bits per heavy atom. The maximum absolute atomic E-state index is 11.3. The first-order valence-corrected chi connectivity index (χ1v) is 4.65. The van der Waals surface area contributed by atoms with Crippen LogP contribution in [0.5, 0.6) is 0 Å². The molecule has 1 aromatic rings. The van der Waals surface area contributed by atoms with Gasteiger partial charge in [-0.1, -0.05) is 0 Å². The molecule has 0 bridgehead atoms. The first-order valence-electron chi connectivity index (χ1n) is 4.65. The van der Waals surface area contributed by atoms with E-state index < -0.39 is 16.8 Å². The van der Waals surface area contributed by atoms with Crippen LogP contribution in [0.4, 0.5) is 11.4 Å². The number of fused-ring (bicyclic) bond motifs is 1. The van der Waals surface area contributed by atoms with E-state index in [1.807, 2.05) is 0 Å². The number of carboxylic acid groups (broad SMARTS) is 1. The van der Waals surface area contributed by atoms with Crippen molar-refractivity contribution < 1.29 is 40.9 Å². The van der Waals surface area contributed by atoms with Crippen LogP contribution in [-0.4, -0.2) is 30.7 Å². The van der Waals surface area contributed by atoms with Crippen LogP contribution in [0.1, 0.15) is 7.85 Å². The zero-order valence-corrected chi connectivity index (χ0v) is 10.9. The van der Waals surface area contributed by atoms with E-state index in [4.69, 9.17) is 5.11 Å². The molecule has 0 spiro atoms. The van der Waals surface area contributed by atoms with Crippen LogP contribution >= 0.6 is 0 Å². The maximum atomic E-state index is 11.3. The Hall–Kier alpha value is -0.850. The number of rotatable bonds is 2. The molecule has 0 aromatic heterocycles. The molecule has 1 aromatic carbocycles. The fraction of sp³-hybridized carbons (Fsp3) is 0.444. The van der Waals surface area contributed by atoms with Gasteiger partial charge in [0.2, 0.25) is 0 Å². The Balaban J connectivity index is 0.00000128. The van der Waals surface area contributed by atoms with Crippen LogP contribution in [0.15, 0.2) is 9.59 Å². The summed E-state index contributed by atoms with van der Waals surface area (Å²) in [5.74, 6) is -1.00. The third kappa shape index (κ3) is 2.14. The molecule has 0 radical (unpaired) electrons. The van der Waals surface area contributed by atoms with Crippen molar-refractivity contribution in [2.45, 2.75) is 6.42 Å². The number of nitrogens with one attached hydrogen (secondary N) is 1. The third-order valence-corrected chi connectivity index (χ3v) is 2.43. The number of hydrogen-bond donors (Lipinski definition) is 2. The fourth-order valence-corrected chi connectivity index (χ4v) is 1.76. The minimum atomic E-state index is -1.00. The van der Waals surface area contributed by atoms with Crippen molar-refractivity contribution in [1.82, 2.24) is 0 Å². The summed E-state index contributed by atoms with van der Waals surface area (Å²) in [7, 11) is 0. The topological polar surface area (TPSA) is 86.7 Å². The average Bonchev–Trinajstić information content (AvgIpc) is 2.36. The molecular formula is C9H11N2NaO4. The molecule has 0 atom stereocenters. The van der Waals surface area contributed by atoms with E-state index in [1.165, 1.54) is 4.90 Å². The molecule has 0 aliphatic carbocycles. The number of anilines is 2. The minimum absolute atomic E-state index is 0. The van der Waals surface area contributed by atoms with Crippen molar-refractivity contribution in [3.05, 3.63) is 20.4 Å². The van der Waals surface area contributed by atoms with Gasteiger partial charge in [0.1, 0.15) is 17.9 Å². The third-order valence-electron chi connectivity index (χ3n) is 2.43. The van der Waals surface area contributed by atoms with E-state index in [2.05, 4.69) is 5.32 Å². The molecule has 7 heteroatoms. The number of carboxylic acids is 1. The van der Waals surface area contributed by atoms with Crippen molar-refractivity contribution in [2.75, 3.05) is 29.9 Å². The Bertz CT molecular complexity index is 483. The normalized spacial score (nSPS) is 14.6.